The van der Waals surface area contributed by atoms with Crippen molar-refractivity contribution in [2.24, 2.45) is 11.8 Å². The lowest BCUT2D eigenvalue weighted by molar-refractivity contribution is -0.141. The third-order valence-corrected chi connectivity index (χ3v) is 6.49. The number of nitrogens with one attached hydrogen (secondary N) is 4. The van der Waals surface area contributed by atoms with Crippen LogP contribution in [0.15, 0.2) is 0 Å². The molecule has 1 aliphatic heterocycles. The van der Waals surface area contributed by atoms with Gasteiger partial charge in [-0.2, -0.15) is 11.8 Å². The van der Waals surface area contributed by atoms with Crippen LogP contribution in [-0.2, 0) is 24.0 Å². The van der Waals surface area contributed by atoms with E-state index in [-0.39, 0.29) is 48.6 Å². The standard InChI is InChI=1S/C23H41N5O5S/c1-14(2)18(29)12-25-21(31)16(9-11-34-6)27-19(30)13-26-22(32)17-8-7-10-28(17)23(33)20(24-5)15(3)4/h14-17,20,24H,7-13H2,1-6H3,(H,25,31)(H,26,32)(H,27,30)/t16?,17-,20?/m0/s1. The van der Waals surface area contributed by atoms with Crippen LogP contribution in [0.25, 0.3) is 0 Å². The zero-order valence-corrected chi connectivity index (χ0v) is 22.0. The maximum Gasteiger partial charge on any atom is 0.243 e. The van der Waals surface area contributed by atoms with Crippen molar-refractivity contribution in [3.8, 4) is 0 Å². The molecule has 1 aliphatic rings. The lowest BCUT2D eigenvalue weighted by Gasteiger charge is -2.29. The van der Waals surface area contributed by atoms with Gasteiger partial charge in [-0.25, -0.2) is 0 Å². The largest absolute Gasteiger partial charge is 0.347 e. The van der Waals surface area contributed by atoms with Gasteiger partial charge in [0.2, 0.25) is 23.6 Å². The molecule has 4 N–H and O–H groups in total. The Balaban J connectivity index is 2.66. The molecule has 3 atom stereocenters. The quantitative estimate of drug-likeness (QED) is 0.262. The third kappa shape index (κ3) is 9.25. The highest BCUT2D eigenvalue weighted by atomic mass is 32.2. The van der Waals surface area contributed by atoms with Gasteiger partial charge in [0.05, 0.1) is 19.1 Å². The number of Topliss-reactive ketones (excluding diaryl/α,β-unsaturated/α-hetero) is 1. The number of nitrogens with zero attached hydrogens (tertiary/aromatic N) is 1. The molecule has 0 bridgehead atoms. The molecular formula is C23H41N5O5S. The molecule has 194 valence electrons. The summed E-state index contributed by atoms with van der Waals surface area (Å²) >= 11 is 1.54. The zero-order valence-electron chi connectivity index (χ0n) is 21.2. The molecule has 0 aromatic rings. The Kier molecular flexibility index (Phi) is 13.2. The van der Waals surface area contributed by atoms with E-state index in [1.165, 1.54) is 11.8 Å². The number of thioether (sulfide) groups is 1. The van der Waals surface area contributed by atoms with E-state index in [9.17, 15) is 24.0 Å². The van der Waals surface area contributed by atoms with Crippen molar-refractivity contribution in [3.05, 3.63) is 0 Å². The van der Waals surface area contributed by atoms with E-state index in [0.717, 1.165) is 6.42 Å². The Morgan fingerprint density at radius 1 is 1.03 bits per heavy atom. The second-order valence-corrected chi connectivity index (χ2v) is 10.1. The van der Waals surface area contributed by atoms with Crippen LogP contribution in [0.3, 0.4) is 0 Å². The first-order chi connectivity index (χ1) is 16.0. The second-order valence-electron chi connectivity index (χ2n) is 9.16. The third-order valence-electron chi connectivity index (χ3n) is 5.85. The van der Waals surface area contributed by atoms with E-state index >= 15 is 0 Å². The molecule has 11 heteroatoms. The first-order valence-electron chi connectivity index (χ1n) is 11.9. The number of hydrogen-bond donors (Lipinski definition) is 4. The van der Waals surface area contributed by atoms with Gasteiger partial charge in [0, 0.05) is 12.5 Å². The van der Waals surface area contributed by atoms with Gasteiger partial charge in [-0.1, -0.05) is 27.7 Å². The number of rotatable bonds is 14. The predicted octanol–water partition coefficient (Wildman–Crippen LogP) is -0.0832. The van der Waals surface area contributed by atoms with Crippen molar-refractivity contribution < 1.29 is 24.0 Å². The fourth-order valence-corrected chi connectivity index (χ4v) is 4.23. The van der Waals surface area contributed by atoms with Gasteiger partial charge in [0.1, 0.15) is 12.1 Å². The Morgan fingerprint density at radius 2 is 1.71 bits per heavy atom. The Bertz CT molecular complexity index is 731. The van der Waals surface area contributed by atoms with Crippen LogP contribution in [0, 0.1) is 11.8 Å². The van der Waals surface area contributed by atoms with Crippen molar-refractivity contribution in [1.29, 1.82) is 0 Å². The summed E-state index contributed by atoms with van der Waals surface area (Å²) in [6, 6.07) is -1.80. The Labute approximate surface area is 207 Å². The highest BCUT2D eigenvalue weighted by Crippen LogP contribution is 2.20. The van der Waals surface area contributed by atoms with E-state index in [4.69, 9.17) is 0 Å². The fraction of sp³-hybridized carbons (Fsp3) is 0.783. The first-order valence-corrected chi connectivity index (χ1v) is 13.3. The molecule has 0 aromatic heterocycles. The first kappa shape index (κ1) is 29.9. The molecule has 0 saturated carbocycles. The monoisotopic (exact) mass is 499 g/mol. The minimum Gasteiger partial charge on any atom is -0.347 e. The second kappa shape index (κ2) is 15.0. The molecule has 34 heavy (non-hydrogen) atoms. The van der Waals surface area contributed by atoms with Crippen molar-refractivity contribution in [2.75, 3.05) is 38.7 Å². The van der Waals surface area contributed by atoms with Gasteiger partial charge in [-0.15, -0.1) is 0 Å². The molecule has 4 amide bonds. The van der Waals surface area contributed by atoms with Crippen molar-refractivity contribution in [3.63, 3.8) is 0 Å². The molecule has 0 spiro atoms. The summed E-state index contributed by atoms with van der Waals surface area (Å²) < 4.78 is 0. The molecular weight excluding hydrogens is 458 g/mol. The van der Waals surface area contributed by atoms with Crippen LogP contribution in [-0.4, -0.2) is 91.1 Å². The molecule has 10 nitrogen and oxygen atoms in total. The number of likely N-dealkylation sites (tertiary alicyclic amines) is 1. The predicted molar refractivity (Wildman–Crippen MR) is 133 cm³/mol. The molecule has 1 heterocycles. The average Bonchev–Trinajstić information content (AvgIpc) is 3.28. The van der Waals surface area contributed by atoms with E-state index in [1.807, 2.05) is 20.1 Å². The summed E-state index contributed by atoms with van der Waals surface area (Å²) in [6.07, 6.45) is 3.55. The summed E-state index contributed by atoms with van der Waals surface area (Å²) in [7, 11) is 1.72. The van der Waals surface area contributed by atoms with Crippen molar-refractivity contribution in [1.82, 2.24) is 26.2 Å². The summed E-state index contributed by atoms with van der Waals surface area (Å²) in [6.45, 7) is 7.50. The minimum atomic E-state index is -0.802. The minimum absolute atomic E-state index is 0.0767. The lowest BCUT2D eigenvalue weighted by Crippen LogP contribution is -2.55. The maximum atomic E-state index is 12.9. The smallest absolute Gasteiger partial charge is 0.243 e. The highest BCUT2D eigenvalue weighted by Gasteiger charge is 2.37. The molecule has 2 unspecified atom stereocenters. The number of hydrogen-bond acceptors (Lipinski definition) is 7. The highest BCUT2D eigenvalue weighted by molar-refractivity contribution is 7.98. The van der Waals surface area contributed by atoms with Crippen molar-refractivity contribution >= 4 is 41.2 Å². The number of amides is 4. The number of ketones is 1. The average molecular weight is 500 g/mol. The number of likely N-dealkylation sites (N-methyl/N-ethyl adjacent to an activating group) is 1. The number of carbonyl (C=O) groups is 5. The van der Waals surface area contributed by atoms with Crippen LogP contribution >= 0.6 is 11.8 Å². The van der Waals surface area contributed by atoms with Crippen LogP contribution in [0.2, 0.25) is 0 Å². The van der Waals surface area contributed by atoms with Crippen LogP contribution in [0.4, 0.5) is 0 Å². The van der Waals surface area contributed by atoms with E-state index in [0.29, 0.717) is 25.1 Å². The summed E-state index contributed by atoms with van der Waals surface area (Å²) in [5.41, 5.74) is 0. The van der Waals surface area contributed by atoms with Gasteiger partial charge in [-0.05, 0) is 44.2 Å². The van der Waals surface area contributed by atoms with Gasteiger partial charge >= 0.3 is 0 Å². The SMILES string of the molecule is CNC(C(=O)N1CCC[C@H]1C(=O)NCC(=O)NC(CCSC)C(=O)NCC(=O)C(C)C)C(C)C. The molecule has 0 radical (unpaired) electrons. The van der Waals surface area contributed by atoms with E-state index in [1.54, 1.807) is 25.8 Å². The summed E-state index contributed by atoms with van der Waals surface area (Å²) in [4.78, 5) is 64.0. The van der Waals surface area contributed by atoms with E-state index < -0.39 is 23.9 Å². The lowest BCUT2D eigenvalue weighted by atomic mass is 10.0. The topological polar surface area (TPSA) is 137 Å². The normalized spacial score (nSPS) is 17.4. The fourth-order valence-electron chi connectivity index (χ4n) is 3.76. The van der Waals surface area contributed by atoms with Gasteiger partial charge in [0.15, 0.2) is 5.78 Å². The molecule has 1 fully saturated rings. The van der Waals surface area contributed by atoms with Gasteiger partial charge in [-0.3, -0.25) is 24.0 Å². The summed E-state index contributed by atoms with van der Waals surface area (Å²) in [5.74, 6) is -1.00. The zero-order chi connectivity index (χ0) is 25.8. The number of carbonyl (C=O) groups excluding carboxylic acids is 5. The maximum absolute atomic E-state index is 12.9. The van der Waals surface area contributed by atoms with Crippen LogP contribution in [0.1, 0.15) is 47.0 Å². The van der Waals surface area contributed by atoms with E-state index in [2.05, 4.69) is 21.3 Å². The van der Waals surface area contributed by atoms with Crippen molar-refractivity contribution in [2.45, 2.75) is 65.1 Å². The Morgan fingerprint density at radius 3 is 2.26 bits per heavy atom. The van der Waals surface area contributed by atoms with Crippen LogP contribution in [0.5, 0.6) is 0 Å². The summed E-state index contributed by atoms with van der Waals surface area (Å²) in [5, 5.41) is 10.8. The van der Waals surface area contributed by atoms with Gasteiger partial charge < -0.3 is 26.2 Å². The van der Waals surface area contributed by atoms with Gasteiger partial charge in [0.25, 0.3) is 0 Å². The molecule has 0 aliphatic carbocycles. The molecule has 1 rings (SSSR count). The molecule has 0 aromatic carbocycles. The molecule has 1 saturated heterocycles. The van der Waals surface area contributed by atoms with Crippen LogP contribution < -0.4 is 21.3 Å². The Hall–Kier alpha value is -2.14.